The lowest BCUT2D eigenvalue weighted by Gasteiger charge is -2.33. The number of nitrogens with zero attached hydrogens (tertiary/aromatic N) is 6. The monoisotopic (exact) mass is 722 g/mol. The van der Waals surface area contributed by atoms with Crippen LogP contribution in [-0.4, -0.2) is 59.7 Å². The van der Waals surface area contributed by atoms with E-state index in [0.717, 1.165) is 64.2 Å². The van der Waals surface area contributed by atoms with Gasteiger partial charge in [-0.05, 0) is 79.8 Å². The van der Waals surface area contributed by atoms with Gasteiger partial charge in [-0.3, -0.25) is 39.6 Å². The van der Waals surface area contributed by atoms with Crippen LogP contribution < -0.4 is 10.7 Å². The maximum Gasteiger partial charge on any atom is 0.333 e. The van der Waals surface area contributed by atoms with Gasteiger partial charge in [0, 0.05) is 82.6 Å². The van der Waals surface area contributed by atoms with E-state index < -0.39 is 17.8 Å². The number of imide groups is 2. The normalized spacial score (nSPS) is 17.8. The summed E-state index contributed by atoms with van der Waals surface area (Å²) in [6, 6.07) is 16.7. The van der Waals surface area contributed by atoms with Crippen LogP contribution in [0.5, 0.6) is 0 Å². The Morgan fingerprint density at radius 3 is 1.39 bits per heavy atom. The van der Waals surface area contributed by atoms with E-state index in [1.165, 1.54) is 12.1 Å². The second-order valence-corrected chi connectivity index (χ2v) is 13.4. The molecule has 13 nitrogen and oxygen atoms in total. The van der Waals surface area contributed by atoms with Crippen LogP contribution in [0.1, 0.15) is 26.7 Å². The molecular weight excluding hydrogens is 688 g/mol. The van der Waals surface area contributed by atoms with Gasteiger partial charge in [-0.25, -0.2) is 4.79 Å². The Labute approximate surface area is 307 Å². The Bertz CT molecular complexity index is 2720. The number of barbiturate groups is 1. The first-order valence-corrected chi connectivity index (χ1v) is 17.6. The largest absolute Gasteiger partial charge is 0.344 e. The zero-order valence-electron chi connectivity index (χ0n) is 30.0. The molecule has 0 atom stereocenters. The van der Waals surface area contributed by atoms with E-state index in [1.54, 1.807) is 50.2 Å². The molecule has 54 heavy (non-hydrogen) atoms. The average Bonchev–Trinajstić information content (AvgIpc) is 3.77. The first-order chi connectivity index (χ1) is 26.0. The molecule has 2 aromatic heterocycles. The number of nitro benzene ring substituents is 2. The molecule has 1 saturated carbocycles. The average molecular weight is 723 g/mol. The van der Waals surface area contributed by atoms with Crippen molar-refractivity contribution >= 4 is 84.7 Å². The molecule has 8 rings (SSSR count). The summed E-state index contributed by atoms with van der Waals surface area (Å²) in [7, 11) is 3.78. The second-order valence-electron chi connectivity index (χ2n) is 13.4. The summed E-state index contributed by atoms with van der Waals surface area (Å²) in [5.41, 5.74) is 3.53. The van der Waals surface area contributed by atoms with Gasteiger partial charge in [0.1, 0.15) is 5.57 Å². The SMILES string of the molecule is CCN1C(=O)C(=C2/C(=C/C=c3\c4cccc5c([N+](=O)[O-])ccc(c54)n3C)CC/C2=C\C=c2/c3cccc4c([N+](=O)[O-])ccc(c43)n2C)C(=O)N(CC)C1=O. The van der Waals surface area contributed by atoms with Gasteiger partial charge in [-0.15, -0.1) is 0 Å². The molecular formula is C41H34N6O7. The lowest BCUT2D eigenvalue weighted by Crippen LogP contribution is -2.56. The second kappa shape index (κ2) is 12.7. The number of non-ortho nitro benzene ring substituents is 2. The molecule has 4 amide bonds. The molecule has 2 fully saturated rings. The van der Waals surface area contributed by atoms with Crippen molar-refractivity contribution in [1.82, 2.24) is 18.9 Å². The van der Waals surface area contributed by atoms with E-state index in [-0.39, 0.29) is 39.9 Å². The molecule has 13 heteroatoms. The Balaban J connectivity index is 1.37. The van der Waals surface area contributed by atoms with Crippen molar-refractivity contribution in [2.24, 2.45) is 14.1 Å². The summed E-state index contributed by atoms with van der Waals surface area (Å²) in [6.45, 7) is 3.55. The molecule has 1 saturated heterocycles. The molecule has 3 heterocycles. The molecule has 0 spiro atoms. The van der Waals surface area contributed by atoms with Crippen LogP contribution in [0.4, 0.5) is 16.2 Å². The Morgan fingerprint density at radius 2 is 1.00 bits per heavy atom. The van der Waals surface area contributed by atoms with Crippen molar-refractivity contribution < 1.29 is 24.2 Å². The predicted octanol–water partition coefficient (Wildman–Crippen LogP) is 6.27. The highest BCUT2D eigenvalue weighted by molar-refractivity contribution is 6.30. The lowest BCUT2D eigenvalue weighted by atomic mass is 9.95. The highest BCUT2D eigenvalue weighted by Gasteiger charge is 2.43. The Kier molecular flexibility index (Phi) is 8.02. The van der Waals surface area contributed by atoms with Crippen molar-refractivity contribution in [1.29, 1.82) is 0 Å². The van der Waals surface area contributed by atoms with E-state index in [2.05, 4.69) is 0 Å². The van der Waals surface area contributed by atoms with Gasteiger partial charge in [0.25, 0.3) is 23.2 Å². The Hall–Kier alpha value is -6.89. The number of benzene rings is 4. The molecule has 0 radical (unpaired) electrons. The molecule has 2 aliphatic rings. The van der Waals surface area contributed by atoms with Crippen LogP contribution in [0.2, 0.25) is 0 Å². The summed E-state index contributed by atoms with van der Waals surface area (Å²) in [5.74, 6) is -1.31. The third kappa shape index (κ3) is 4.88. The number of carbonyl (C=O) groups excluding carboxylic acids is 3. The number of aromatic nitrogens is 2. The van der Waals surface area contributed by atoms with Crippen LogP contribution in [0.15, 0.2) is 95.1 Å². The van der Waals surface area contributed by atoms with E-state index in [4.69, 9.17) is 0 Å². The first-order valence-electron chi connectivity index (χ1n) is 17.6. The number of hydrogen-bond donors (Lipinski definition) is 0. The van der Waals surface area contributed by atoms with Crippen LogP contribution in [-0.2, 0) is 23.7 Å². The number of hydrogen-bond acceptors (Lipinski definition) is 7. The van der Waals surface area contributed by atoms with Crippen molar-refractivity contribution in [3.63, 3.8) is 0 Å². The number of urea groups is 1. The van der Waals surface area contributed by atoms with Crippen molar-refractivity contribution in [2.75, 3.05) is 13.1 Å². The molecule has 0 N–H and O–H groups in total. The third-order valence-electron chi connectivity index (χ3n) is 10.8. The molecule has 6 aromatic rings. The molecule has 1 aliphatic carbocycles. The Morgan fingerprint density at radius 1 is 0.593 bits per heavy atom. The smallest absolute Gasteiger partial charge is 0.333 e. The zero-order valence-corrected chi connectivity index (χ0v) is 30.0. The number of aryl methyl sites for hydroxylation is 2. The number of allylic oxidation sites excluding steroid dienone is 5. The number of rotatable bonds is 6. The summed E-state index contributed by atoms with van der Waals surface area (Å²) < 4.78 is 3.93. The number of likely N-dealkylation sites (N-methyl/N-ethyl adjacent to an activating group) is 2. The fraction of sp³-hybridized carbons (Fsp3) is 0.195. The van der Waals surface area contributed by atoms with E-state index >= 15 is 0 Å². The highest BCUT2D eigenvalue weighted by Crippen LogP contribution is 2.41. The van der Waals surface area contributed by atoms with Crippen molar-refractivity contribution in [3.8, 4) is 0 Å². The minimum atomic E-state index is -0.656. The maximum absolute atomic E-state index is 14.1. The molecule has 1 aliphatic heterocycles. The van der Waals surface area contributed by atoms with Crippen LogP contribution in [0, 0.1) is 20.2 Å². The van der Waals surface area contributed by atoms with Crippen LogP contribution in [0.25, 0.3) is 55.5 Å². The van der Waals surface area contributed by atoms with Crippen LogP contribution >= 0.6 is 0 Å². The number of carbonyl (C=O) groups is 3. The highest BCUT2D eigenvalue weighted by atomic mass is 16.6. The van der Waals surface area contributed by atoms with Crippen molar-refractivity contribution in [2.45, 2.75) is 26.7 Å². The molecule has 0 bridgehead atoms. The predicted molar refractivity (Wildman–Crippen MR) is 206 cm³/mol. The van der Waals surface area contributed by atoms with Gasteiger partial charge >= 0.3 is 6.03 Å². The van der Waals surface area contributed by atoms with Crippen molar-refractivity contribution in [3.05, 3.63) is 126 Å². The zero-order chi connectivity index (χ0) is 38.2. The minimum Gasteiger partial charge on any atom is -0.344 e. The van der Waals surface area contributed by atoms with Gasteiger partial charge in [-0.2, -0.15) is 0 Å². The fourth-order valence-corrected chi connectivity index (χ4v) is 8.27. The van der Waals surface area contributed by atoms with E-state index in [1.807, 2.05) is 59.7 Å². The summed E-state index contributed by atoms with van der Waals surface area (Å²) in [4.78, 5) is 66.4. The van der Waals surface area contributed by atoms with Gasteiger partial charge < -0.3 is 9.13 Å². The number of nitro groups is 2. The quantitative estimate of drug-likeness (QED) is 0.0851. The van der Waals surface area contributed by atoms with Gasteiger partial charge in [0.15, 0.2) is 0 Å². The van der Waals surface area contributed by atoms with Gasteiger partial charge in [-0.1, -0.05) is 36.4 Å². The summed E-state index contributed by atoms with van der Waals surface area (Å²) in [5, 5.41) is 29.5. The minimum absolute atomic E-state index is 0.0191. The maximum atomic E-state index is 14.1. The van der Waals surface area contributed by atoms with Gasteiger partial charge in [0.05, 0.1) is 20.6 Å². The van der Waals surface area contributed by atoms with Gasteiger partial charge in [0.2, 0.25) is 0 Å². The van der Waals surface area contributed by atoms with E-state index in [0.29, 0.717) is 29.2 Å². The molecule has 270 valence electrons. The molecule has 0 unspecified atom stereocenters. The topological polar surface area (TPSA) is 154 Å². The van der Waals surface area contributed by atoms with Crippen LogP contribution in [0.3, 0.4) is 0 Å². The first kappa shape index (κ1) is 34.2. The standard InChI is InChI=1S/C41H34N6O7/c1-5-44-39(48)38(40(49)45(6-2)41(44)50)35-23(15-17-29-25-9-7-11-27-31(46(51)52)19-21-33(36(25)27)42(29)3)13-14-24(35)16-18-30-26-10-8-12-28-32(47(53)54)20-22-34(37(26)28)43(30)4/h7-12,15-22H,5-6,13-14H2,1-4H3/b23-15+,24-16+,29-17+,30-18+. The van der Waals surface area contributed by atoms with E-state index in [9.17, 15) is 34.6 Å². The molecule has 4 aromatic carbocycles. The number of amides is 4. The third-order valence-corrected chi connectivity index (χ3v) is 10.8. The summed E-state index contributed by atoms with van der Waals surface area (Å²) >= 11 is 0. The fourth-order valence-electron chi connectivity index (χ4n) is 8.27. The summed E-state index contributed by atoms with van der Waals surface area (Å²) in [6.07, 6.45) is 8.59. The lowest BCUT2D eigenvalue weighted by molar-refractivity contribution is -0.383.